The first kappa shape index (κ1) is 53.2. The molecule has 11 aromatic rings. The smallest absolute Gasteiger partial charge is 0.262 e. The molecule has 8 nitrogen and oxygen atoms in total. The molecular weight excluding hydrogens is 1030 g/mol. The van der Waals surface area contributed by atoms with E-state index in [-0.39, 0.29) is 0 Å². The number of unbranched alkanes of at least 4 members (excludes halogenated alkanes) is 4. The van der Waals surface area contributed by atoms with Gasteiger partial charge >= 0.3 is 0 Å². The van der Waals surface area contributed by atoms with Crippen molar-refractivity contribution in [2.45, 2.75) is 64.7 Å². The second kappa shape index (κ2) is 25.3. The van der Waals surface area contributed by atoms with E-state index >= 15 is 0 Å². The Morgan fingerprint density at radius 2 is 0.620 bits per heavy atom. The maximum absolute atomic E-state index is 6.68. The summed E-state index contributed by atoms with van der Waals surface area (Å²) in [6.45, 7) is 5.36. The predicted octanol–water partition coefficient (Wildman–Crippen LogP) is 15.3. The molecule has 0 saturated heterocycles. The number of hydrogen-bond acceptors (Lipinski definition) is 9. The Morgan fingerprint density at radius 3 is 0.899 bits per heavy atom. The van der Waals surface area contributed by atoms with Crippen LogP contribution in [0.4, 0.5) is 0 Å². The van der Waals surface area contributed by atoms with Crippen LogP contribution in [0, 0.1) is 0 Å². The number of thiophene rings is 1. The van der Waals surface area contributed by atoms with Crippen LogP contribution in [0.15, 0.2) is 239 Å². The zero-order valence-corrected chi connectivity index (χ0v) is 47.3. The molecule has 0 aliphatic carbocycles. The second-order valence-corrected chi connectivity index (χ2v) is 27.7. The first-order valence-electron chi connectivity index (χ1n) is 27.5. The van der Waals surface area contributed by atoms with Crippen LogP contribution in [-0.2, 0) is 12.3 Å². The molecule has 0 bridgehead atoms. The molecule has 0 spiro atoms. The van der Waals surface area contributed by atoms with E-state index in [0.717, 1.165) is 62.0 Å². The Labute approximate surface area is 469 Å². The third kappa shape index (κ3) is 11.5. The Kier molecular flexibility index (Phi) is 17.1. The van der Waals surface area contributed by atoms with Gasteiger partial charge < -0.3 is 18.3 Å². The standard InChI is InChI=1S/C68H64N4O4P2S/c1-3-5-25-47-73-61-62(74-48-26-6-4-2)64(68-72-70-66(76-68)54-45-41-52(42-46-54)50-78(58-33-19-10-20-34-58,59-35-21-11-22-36-59)60-37-23-12-24-38-60)79-63(61)67-71-69-65(75-67)53-43-39-51(40-44-53)49-77(55-27-13-7-14-28-55,56-29-15-8-16-30-56)57-31-17-9-18-32-57/h7-24,27-46H,3-6,25-26,47-50H2,1-2H3/q+2. The van der Waals surface area contributed by atoms with Crippen molar-refractivity contribution in [2.75, 3.05) is 13.2 Å². The maximum atomic E-state index is 6.68. The fraction of sp³-hybridized carbons (Fsp3) is 0.176. The van der Waals surface area contributed by atoms with Crippen LogP contribution < -0.4 is 41.3 Å². The summed E-state index contributed by atoms with van der Waals surface area (Å²) >= 11 is 1.41. The van der Waals surface area contributed by atoms with Crippen LogP contribution in [0.1, 0.15) is 63.5 Å². The van der Waals surface area contributed by atoms with Crippen LogP contribution in [0.25, 0.3) is 44.4 Å². The van der Waals surface area contributed by atoms with Gasteiger partial charge in [0.2, 0.25) is 11.8 Å². The van der Waals surface area contributed by atoms with Crippen molar-refractivity contribution in [3.63, 3.8) is 0 Å². The van der Waals surface area contributed by atoms with Crippen LogP contribution >= 0.6 is 25.9 Å². The lowest BCUT2D eigenvalue weighted by Crippen LogP contribution is -2.32. The van der Waals surface area contributed by atoms with E-state index < -0.39 is 14.5 Å². The number of ether oxygens (including phenoxy) is 2. The fourth-order valence-electron chi connectivity index (χ4n) is 10.5. The highest BCUT2D eigenvalue weighted by atomic mass is 32.1. The summed E-state index contributed by atoms with van der Waals surface area (Å²) in [7, 11) is -4.21. The lowest BCUT2D eigenvalue weighted by Gasteiger charge is -2.27. The van der Waals surface area contributed by atoms with Gasteiger partial charge in [-0.3, -0.25) is 0 Å². The Bertz CT molecular complexity index is 3200. The van der Waals surface area contributed by atoms with Gasteiger partial charge in [-0.2, -0.15) is 0 Å². The van der Waals surface area contributed by atoms with Crippen molar-refractivity contribution in [3.8, 4) is 55.9 Å². The molecule has 79 heavy (non-hydrogen) atoms. The molecule has 0 aliphatic heterocycles. The van der Waals surface area contributed by atoms with Crippen molar-refractivity contribution < 1.29 is 18.3 Å². The Balaban J connectivity index is 0.910. The van der Waals surface area contributed by atoms with Crippen molar-refractivity contribution in [1.82, 2.24) is 20.4 Å². The second-order valence-electron chi connectivity index (χ2n) is 19.7. The number of rotatable bonds is 24. The molecular formula is C68H64N4O4P2S+2. The molecule has 394 valence electrons. The van der Waals surface area contributed by atoms with E-state index in [2.05, 4.69) is 265 Å². The third-order valence-electron chi connectivity index (χ3n) is 14.5. The molecule has 0 saturated carbocycles. The summed E-state index contributed by atoms with van der Waals surface area (Å²) in [6.07, 6.45) is 7.65. The number of benzene rings is 8. The average Bonchev–Trinajstić information content (AvgIpc) is 4.34. The summed E-state index contributed by atoms with van der Waals surface area (Å²) in [5.74, 6) is 2.58. The molecule has 3 aromatic heterocycles. The minimum absolute atomic E-state index is 0.331. The SMILES string of the molecule is CCCCCOc1c(-c2nnc(-c3ccc(C[P+](c4ccccc4)(c4ccccc4)c4ccccc4)cc3)o2)sc(-c2nnc(-c3ccc(C[P+](c4ccccc4)(c4ccccc4)c4ccccc4)cc3)o2)c1OCCCCC. The highest BCUT2D eigenvalue weighted by Crippen LogP contribution is 2.60. The van der Waals surface area contributed by atoms with E-state index in [1.54, 1.807) is 0 Å². The first-order valence-corrected chi connectivity index (χ1v) is 32.2. The van der Waals surface area contributed by atoms with Gasteiger partial charge in [0.05, 0.1) is 25.5 Å². The molecule has 0 radical (unpaired) electrons. The lowest BCUT2D eigenvalue weighted by molar-refractivity contribution is 0.262. The molecule has 8 aromatic carbocycles. The van der Waals surface area contributed by atoms with E-state index in [1.165, 1.54) is 54.3 Å². The number of nitrogens with zero attached hydrogens (tertiary/aromatic N) is 4. The number of hydrogen-bond donors (Lipinski definition) is 0. The quantitative estimate of drug-likeness (QED) is 0.0436. The lowest BCUT2D eigenvalue weighted by atomic mass is 10.1. The molecule has 0 fully saturated rings. The molecule has 11 rings (SSSR count). The molecule has 0 N–H and O–H groups in total. The van der Waals surface area contributed by atoms with Gasteiger partial charge in [-0.1, -0.05) is 173 Å². The Hall–Kier alpha value is -7.80. The zero-order valence-electron chi connectivity index (χ0n) is 44.7. The van der Waals surface area contributed by atoms with Gasteiger partial charge in [-0.15, -0.1) is 31.7 Å². The van der Waals surface area contributed by atoms with Gasteiger partial charge in [0.1, 0.15) is 56.1 Å². The monoisotopic (exact) mass is 1090 g/mol. The van der Waals surface area contributed by atoms with Gasteiger partial charge in [-0.05, 0) is 121 Å². The zero-order chi connectivity index (χ0) is 53.7. The van der Waals surface area contributed by atoms with Crippen molar-refractivity contribution >= 4 is 57.7 Å². The summed E-state index contributed by atoms with van der Waals surface area (Å²) in [6, 6.07) is 83.0. The van der Waals surface area contributed by atoms with Gasteiger partial charge in [0.25, 0.3) is 11.8 Å². The third-order valence-corrected chi connectivity index (χ3v) is 24.4. The average molecular weight is 1100 g/mol. The van der Waals surface area contributed by atoms with Crippen LogP contribution in [0.5, 0.6) is 11.5 Å². The molecule has 0 unspecified atom stereocenters. The topological polar surface area (TPSA) is 96.3 Å². The maximum Gasteiger partial charge on any atom is 0.262 e. The molecule has 0 amide bonds. The van der Waals surface area contributed by atoms with E-state index in [4.69, 9.17) is 18.3 Å². The summed E-state index contributed by atoms with van der Waals surface area (Å²) in [5.41, 5.74) is 4.08. The summed E-state index contributed by atoms with van der Waals surface area (Å²) < 4.78 is 26.6. The predicted molar refractivity (Wildman–Crippen MR) is 330 cm³/mol. The van der Waals surface area contributed by atoms with Gasteiger partial charge in [-0.25, -0.2) is 0 Å². The molecule has 0 aliphatic rings. The van der Waals surface area contributed by atoms with Gasteiger partial charge in [0.15, 0.2) is 11.5 Å². The first-order chi connectivity index (χ1) is 39.1. The molecule has 0 atom stereocenters. The normalized spacial score (nSPS) is 11.7. The van der Waals surface area contributed by atoms with Crippen molar-refractivity contribution in [2.24, 2.45) is 0 Å². The van der Waals surface area contributed by atoms with Crippen molar-refractivity contribution in [3.05, 3.63) is 242 Å². The summed E-state index contributed by atoms with van der Waals surface area (Å²) in [4.78, 5) is 1.31. The summed E-state index contributed by atoms with van der Waals surface area (Å²) in [5, 5.41) is 26.6. The molecule has 11 heteroatoms. The van der Waals surface area contributed by atoms with E-state index in [9.17, 15) is 0 Å². The Morgan fingerprint density at radius 1 is 0.342 bits per heavy atom. The van der Waals surface area contributed by atoms with E-state index in [0.29, 0.717) is 58.0 Å². The fourth-order valence-corrected chi connectivity index (χ4v) is 20.0. The molecule has 3 heterocycles. The minimum atomic E-state index is -2.11. The number of aromatic nitrogens is 4. The van der Waals surface area contributed by atoms with Crippen LogP contribution in [0.2, 0.25) is 0 Å². The van der Waals surface area contributed by atoms with Crippen LogP contribution in [-0.4, -0.2) is 33.6 Å². The van der Waals surface area contributed by atoms with Crippen molar-refractivity contribution in [1.29, 1.82) is 0 Å². The largest absolute Gasteiger partial charge is 0.488 e. The minimum Gasteiger partial charge on any atom is -0.488 e. The van der Waals surface area contributed by atoms with E-state index in [1.807, 2.05) is 0 Å². The van der Waals surface area contributed by atoms with Crippen LogP contribution in [0.3, 0.4) is 0 Å². The highest BCUT2D eigenvalue weighted by molar-refractivity contribution is 7.95. The highest BCUT2D eigenvalue weighted by Gasteiger charge is 2.47. The van der Waals surface area contributed by atoms with Gasteiger partial charge in [0, 0.05) is 11.1 Å².